The second kappa shape index (κ2) is 5.77. The first-order valence-electron chi connectivity index (χ1n) is 5.33. The third-order valence-corrected chi connectivity index (χ3v) is 3.03. The molecule has 0 aliphatic heterocycles. The SMILES string of the molecule is O=C(I)c1ccc(NC(=O)c2ccccc2)cc1. The number of carbonyl (C=O) groups is 2. The van der Waals surface area contributed by atoms with Crippen molar-refractivity contribution in [1.29, 1.82) is 0 Å². The lowest BCUT2D eigenvalue weighted by molar-refractivity contribution is 0.102. The summed E-state index contributed by atoms with van der Waals surface area (Å²) in [6.45, 7) is 0. The fraction of sp³-hybridized carbons (Fsp3) is 0. The minimum atomic E-state index is -0.163. The van der Waals surface area contributed by atoms with Crippen molar-refractivity contribution in [2.24, 2.45) is 0 Å². The van der Waals surface area contributed by atoms with E-state index >= 15 is 0 Å². The number of hydrogen-bond donors (Lipinski definition) is 1. The first-order chi connectivity index (χ1) is 8.66. The minimum Gasteiger partial charge on any atom is -0.322 e. The van der Waals surface area contributed by atoms with Gasteiger partial charge < -0.3 is 5.32 Å². The Labute approximate surface area is 118 Å². The summed E-state index contributed by atoms with van der Waals surface area (Å²) >= 11 is 1.73. The molecule has 0 saturated carbocycles. The van der Waals surface area contributed by atoms with Gasteiger partial charge in [0.15, 0.2) is 0 Å². The van der Waals surface area contributed by atoms with Gasteiger partial charge >= 0.3 is 0 Å². The monoisotopic (exact) mass is 351 g/mol. The van der Waals surface area contributed by atoms with Gasteiger partial charge in [-0.25, -0.2) is 0 Å². The number of hydrogen-bond acceptors (Lipinski definition) is 2. The molecule has 0 saturated heterocycles. The largest absolute Gasteiger partial charge is 0.322 e. The summed E-state index contributed by atoms with van der Waals surface area (Å²) in [6, 6.07) is 15.8. The van der Waals surface area contributed by atoms with Crippen molar-refractivity contribution in [1.82, 2.24) is 0 Å². The fourth-order valence-electron chi connectivity index (χ4n) is 1.48. The Hall–Kier alpha value is -1.69. The van der Waals surface area contributed by atoms with Crippen LogP contribution in [0.25, 0.3) is 0 Å². The zero-order valence-corrected chi connectivity index (χ0v) is 11.5. The predicted molar refractivity (Wildman–Crippen MR) is 79.2 cm³/mol. The molecule has 0 aliphatic carbocycles. The molecule has 0 aliphatic rings. The minimum absolute atomic E-state index is 0.0199. The van der Waals surface area contributed by atoms with Crippen molar-refractivity contribution in [3.05, 3.63) is 65.7 Å². The van der Waals surface area contributed by atoms with E-state index in [1.54, 1.807) is 59.0 Å². The maximum Gasteiger partial charge on any atom is 0.255 e. The van der Waals surface area contributed by atoms with E-state index < -0.39 is 0 Å². The second-order valence-electron chi connectivity index (χ2n) is 3.67. The lowest BCUT2D eigenvalue weighted by Crippen LogP contribution is -2.11. The highest BCUT2D eigenvalue weighted by Gasteiger charge is 2.05. The smallest absolute Gasteiger partial charge is 0.255 e. The van der Waals surface area contributed by atoms with Crippen molar-refractivity contribution in [2.75, 3.05) is 5.32 Å². The van der Waals surface area contributed by atoms with E-state index in [1.165, 1.54) is 0 Å². The molecule has 2 aromatic rings. The van der Waals surface area contributed by atoms with Gasteiger partial charge in [-0.1, -0.05) is 18.2 Å². The highest BCUT2D eigenvalue weighted by molar-refractivity contribution is 14.1. The number of nitrogens with one attached hydrogen (secondary N) is 1. The lowest BCUT2D eigenvalue weighted by Gasteiger charge is -2.05. The molecule has 0 aromatic heterocycles. The van der Waals surface area contributed by atoms with Gasteiger partial charge in [-0.2, -0.15) is 0 Å². The van der Waals surface area contributed by atoms with Crippen LogP contribution < -0.4 is 5.32 Å². The molecular formula is C14H10INO2. The normalized spacial score (nSPS) is 9.83. The molecular weight excluding hydrogens is 341 g/mol. The zero-order valence-electron chi connectivity index (χ0n) is 9.39. The summed E-state index contributed by atoms with van der Waals surface area (Å²) < 4.78 is -0.0199. The quantitative estimate of drug-likeness (QED) is 0.680. The molecule has 0 fully saturated rings. The van der Waals surface area contributed by atoms with E-state index in [2.05, 4.69) is 5.32 Å². The van der Waals surface area contributed by atoms with Gasteiger partial charge in [0.05, 0.1) is 0 Å². The molecule has 0 unspecified atom stereocenters. The van der Waals surface area contributed by atoms with Crippen LogP contribution in [-0.4, -0.2) is 9.70 Å². The van der Waals surface area contributed by atoms with Crippen LogP contribution in [0.2, 0.25) is 0 Å². The van der Waals surface area contributed by atoms with Crippen molar-refractivity contribution in [3.8, 4) is 0 Å². The molecule has 1 amide bonds. The molecule has 1 N–H and O–H groups in total. The fourth-order valence-corrected chi connectivity index (χ4v) is 1.84. The third kappa shape index (κ3) is 3.16. The van der Waals surface area contributed by atoms with Gasteiger partial charge in [0, 0.05) is 39.4 Å². The van der Waals surface area contributed by atoms with Crippen molar-refractivity contribution in [3.63, 3.8) is 0 Å². The van der Waals surface area contributed by atoms with Crippen LogP contribution in [0, 0.1) is 0 Å². The van der Waals surface area contributed by atoms with Gasteiger partial charge in [0.2, 0.25) is 3.79 Å². The Morgan fingerprint density at radius 3 is 2.00 bits per heavy atom. The molecule has 0 heterocycles. The lowest BCUT2D eigenvalue weighted by atomic mass is 10.2. The molecule has 0 bridgehead atoms. The number of rotatable bonds is 3. The number of anilines is 1. The van der Waals surface area contributed by atoms with Gasteiger partial charge in [-0.05, 0) is 36.4 Å². The molecule has 2 aromatic carbocycles. The van der Waals surface area contributed by atoms with Crippen LogP contribution in [0.4, 0.5) is 5.69 Å². The third-order valence-electron chi connectivity index (χ3n) is 2.41. The first kappa shape index (κ1) is 12.8. The van der Waals surface area contributed by atoms with Crippen LogP contribution in [0.5, 0.6) is 0 Å². The van der Waals surface area contributed by atoms with Crippen LogP contribution in [0.3, 0.4) is 0 Å². The number of amides is 1. The van der Waals surface area contributed by atoms with Crippen LogP contribution in [0.15, 0.2) is 54.6 Å². The second-order valence-corrected chi connectivity index (χ2v) is 4.65. The Morgan fingerprint density at radius 2 is 1.44 bits per heavy atom. The maximum absolute atomic E-state index is 11.9. The summed E-state index contributed by atoms with van der Waals surface area (Å²) in [5, 5.41) is 2.77. The van der Waals surface area contributed by atoms with E-state index in [4.69, 9.17) is 0 Å². The Balaban J connectivity index is 2.10. The highest BCUT2D eigenvalue weighted by atomic mass is 127. The predicted octanol–water partition coefficient (Wildman–Crippen LogP) is 3.51. The Morgan fingerprint density at radius 1 is 0.833 bits per heavy atom. The Bertz CT molecular complexity index is 564. The van der Waals surface area contributed by atoms with Gasteiger partial charge in [-0.15, -0.1) is 0 Å². The van der Waals surface area contributed by atoms with Crippen molar-refractivity contribution in [2.45, 2.75) is 0 Å². The topological polar surface area (TPSA) is 46.2 Å². The van der Waals surface area contributed by atoms with E-state index in [1.807, 2.05) is 18.2 Å². The summed E-state index contributed by atoms with van der Waals surface area (Å²) in [5.41, 5.74) is 1.89. The van der Waals surface area contributed by atoms with Crippen LogP contribution in [0.1, 0.15) is 20.7 Å². The number of halogens is 1. The Kier molecular flexibility index (Phi) is 4.09. The van der Waals surface area contributed by atoms with Gasteiger partial charge in [0.1, 0.15) is 0 Å². The zero-order chi connectivity index (χ0) is 13.0. The van der Waals surface area contributed by atoms with Crippen molar-refractivity contribution < 1.29 is 9.59 Å². The molecule has 0 spiro atoms. The summed E-state index contributed by atoms with van der Waals surface area (Å²) in [7, 11) is 0. The summed E-state index contributed by atoms with van der Waals surface area (Å²) in [6.07, 6.45) is 0. The van der Waals surface area contributed by atoms with Crippen LogP contribution in [-0.2, 0) is 0 Å². The number of benzene rings is 2. The van der Waals surface area contributed by atoms with Gasteiger partial charge in [0.25, 0.3) is 5.91 Å². The average Bonchev–Trinajstić information content (AvgIpc) is 2.40. The standard InChI is InChI=1S/C14H10INO2/c15-13(17)10-6-8-12(9-7-10)16-14(18)11-4-2-1-3-5-11/h1-9H,(H,16,18). The molecule has 18 heavy (non-hydrogen) atoms. The van der Waals surface area contributed by atoms with Crippen LogP contribution >= 0.6 is 22.6 Å². The number of carbonyl (C=O) groups excluding carboxylic acids is 2. The molecule has 2 rings (SSSR count). The molecule has 90 valence electrons. The average molecular weight is 351 g/mol. The van der Waals surface area contributed by atoms with E-state index in [-0.39, 0.29) is 9.70 Å². The van der Waals surface area contributed by atoms with E-state index in [0.717, 1.165) is 0 Å². The molecule has 4 heteroatoms. The highest BCUT2D eigenvalue weighted by Crippen LogP contribution is 2.13. The van der Waals surface area contributed by atoms with E-state index in [9.17, 15) is 9.59 Å². The molecule has 0 atom stereocenters. The summed E-state index contributed by atoms with van der Waals surface area (Å²) in [4.78, 5) is 23.0. The van der Waals surface area contributed by atoms with Gasteiger partial charge in [-0.3, -0.25) is 9.59 Å². The van der Waals surface area contributed by atoms with Crippen molar-refractivity contribution >= 4 is 38.0 Å². The van der Waals surface area contributed by atoms with E-state index in [0.29, 0.717) is 16.8 Å². The summed E-state index contributed by atoms with van der Waals surface area (Å²) in [5.74, 6) is -0.163. The molecule has 0 radical (unpaired) electrons. The molecule has 3 nitrogen and oxygen atoms in total. The maximum atomic E-state index is 11.9. The first-order valence-corrected chi connectivity index (χ1v) is 6.41.